The molecule has 0 aliphatic rings. The molecule has 0 spiro atoms. The highest BCUT2D eigenvalue weighted by molar-refractivity contribution is 5.91. The van der Waals surface area contributed by atoms with Gasteiger partial charge in [0.15, 0.2) is 12.9 Å². The van der Waals surface area contributed by atoms with Crippen LogP contribution in [0.4, 0.5) is 5.69 Å². The van der Waals surface area contributed by atoms with Gasteiger partial charge in [0.1, 0.15) is 11.4 Å². The molecule has 5 heteroatoms. The first-order chi connectivity index (χ1) is 9.28. The number of aldehydes is 1. The summed E-state index contributed by atoms with van der Waals surface area (Å²) >= 11 is 0. The summed E-state index contributed by atoms with van der Waals surface area (Å²) in [5, 5.41) is 2.69. The maximum Gasteiger partial charge on any atom is 0.262 e. The van der Waals surface area contributed by atoms with E-state index in [1.54, 1.807) is 18.2 Å². The highest BCUT2D eigenvalue weighted by Crippen LogP contribution is 2.09. The number of pyridine rings is 1. The largest absolute Gasteiger partial charge is 0.482 e. The number of nitrogens with zero attached hydrogens (tertiary/aromatic N) is 1. The number of ether oxygens (including phenoxy) is 1. The summed E-state index contributed by atoms with van der Waals surface area (Å²) in [6.07, 6.45) is 2.05. The molecule has 0 aliphatic carbocycles. The molecule has 5 nitrogen and oxygen atoms in total. The second-order valence-electron chi connectivity index (χ2n) is 3.74. The fourth-order valence-corrected chi connectivity index (χ4v) is 1.41. The standard InChI is InChI=1S/C14H12N2O3/c17-9-12-6-7-13(8-15-12)19-10-14(18)16-11-4-2-1-3-5-11/h1-9H,10H2,(H,16,18). The summed E-state index contributed by atoms with van der Waals surface area (Å²) in [5.74, 6) is 0.180. The SMILES string of the molecule is O=Cc1ccc(OCC(=O)Nc2ccccc2)cn1. The van der Waals surface area contributed by atoms with Crippen molar-refractivity contribution < 1.29 is 14.3 Å². The van der Waals surface area contributed by atoms with E-state index < -0.39 is 0 Å². The molecule has 0 saturated heterocycles. The molecule has 1 aromatic carbocycles. The van der Waals surface area contributed by atoms with Gasteiger partial charge in [-0.2, -0.15) is 0 Å². The molecule has 1 amide bonds. The van der Waals surface area contributed by atoms with Crippen LogP contribution in [0.5, 0.6) is 5.75 Å². The molecule has 0 unspecified atom stereocenters. The van der Waals surface area contributed by atoms with Gasteiger partial charge in [0.2, 0.25) is 0 Å². The van der Waals surface area contributed by atoms with E-state index >= 15 is 0 Å². The van der Waals surface area contributed by atoms with E-state index in [1.165, 1.54) is 12.3 Å². The fourth-order valence-electron chi connectivity index (χ4n) is 1.41. The van der Waals surface area contributed by atoms with Crippen molar-refractivity contribution in [1.82, 2.24) is 4.98 Å². The topological polar surface area (TPSA) is 68.3 Å². The average molecular weight is 256 g/mol. The van der Waals surface area contributed by atoms with Crippen LogP contribution in [0.15, 0.2) is 48.7 Å². The maximum atomic E-state index is 11.6. The smallest absolute Gasteiger partial charge is 0.262 e. The van der Waals surface area contributed by atoms with E-state index in [2.05, 4.69) is 10.3 Å². The van der Waals surface area contributed by atoms with E-state index in [4.69, 9.17) is 4.74 Å². The van der Waals surface area contributed by atoms with Crippen molar-refractivity contribution >= 4 is 17.9 Å². The molecular formula is C14H12N2O3. The van der Waals surface area contributed by atoms with Crippen molar-refractivity contribution in [2.75, 3.05) is 11.9 Å². The molecule has 0 fully saturated rings. The molecule has 1 aromatic heterocycles. The van der Waals surface area contributed by atoms with Crippen LogP contribution in [0.2, 0.25) is 0 Å². The third-order valence-corrected chi connectivity index (χ3v) is 2.31. The van der Waals surface area contributed by atoms with Gasteiger partial charge in [-0.1, -0.05) is 18.2 Å². The molecule has 19 heavy (non-hydrogen) atoms. The van der Waals surface area contributed by atoms with Crippen molar-refractivity contribution in [2.24, 2.45) is 0 Å². The number of hydrogen-bond donors (Lipinski definition) is 1. The minimum absolute atomic E-state index is 0.114. The Hall–Kier alpha value is -2.69. The molecule has 2 aromatic rings. The van der Waals surface area contributed by atoms with Crippen LogP contribution in [0.3, 0.4) is 0 Å². The maximum absolute atomic E-state index is 11.6. The third-order valence-electron chi connectivity index (χ3n) is 2.31. The van der Waals surface area contributed by atoms with Crippen LogP contribution >= 0.6 is 0 Å². The monoisotopic (exact) mass is 256 g/mol. The first-order valence-electron chi connectivity index (χ1n) is 5.67. The summed E-state index contributed by atoms with van der Waals surface area (Å²) in [4.78, 5) is 25.9. The number of para-hydroxylation sites is 1. The Kier molecular flexibility index (Phi) is 4.23. The molecular weight excluding hydrogens is 244 g/mol. The zero-order valence-electron chi connectivity index (χ0n) is 10.1. The van der Waals surface area contributed by atoms with Crippen molar-refractivity contribution in [3.05, 3.63) is 54.4 Å². The van der Waals surface area contributed by atoms with E-state index in [-0.39, 0.29) is 12.5 Å². The van der Waals surface area contributed by atoms with E-state index in [0.29, 0.717) is 23.4 Å². The predicted molar refractivity (Wildman–Crippen MR) is 70.2 cm³/mol. The molecule has 0 radical (unpaired) electrons. The van der Waals surface area contributed by atoms with Gasteiger partial charge in [0.25, 0.3) is 5.91 Å². The van der Waals surface area contributed by atoms with Crippen molar-refractivity contribution in [2.45, 2.75) is 0 Å². The summed E-state index contributed by atoms with van der Waals surface area (Å²) in [7, 11) is 0. The quantitative estimate of drug-likeness (QED) is 0.830. The van der Waals surface area contributed by atoms with E-state index in [0.717, 1.165) is 0 Å². The van der Waals surface area contributed by atoms with Crippen LogP contribution in [-0.4, -0.2) is 23.8 Å². The van der Waals surface area contributed by atoms with Crippen LogP contribution in [0.25, 0.3) is 0 Å². The Bertz CT molecular complexity index is 553. The molecule has 0 atom stereocenters. The molecule has 0 saturated carbocycles. The average Bonchev–Trinajstić information content (AvgIpc) is 2.47. The van der Waals surface area contributed by atoms with E-state index in [1.807, 2.05) is 18.2 Å². The highest BCUT2D eigenvalue weighted by atomic mass is 16.5. The lowest BCUT2D eigenvalue weighted by Gasteiger charge is -2.07. The van der Waals surface area contributed by atoms with Crippen LogP contribution in [-0.2, 0) is 4.79 Å². The lowest BCUT2D eigenvalue weighted by molar-refractivity contribution is -0.118. The summed E-state index contributed by atoms with van der Waals surface area (Å²) < 4.78 is 5.25. The molecule has 1 heterocycles. The van der Waals surface area contributed by atoms with Gasteiger partial charge in [0, 0.05) is 5.69 Å². The summed E-state index contributed by atoms with van der Waals surface area (Å²) in [6.45, 7) is -0.114. The van der Waals surface area contributed by atoms with Crippen molar-refractivity contribution in [1.29, 1.82) is 0 Å². The number of amides is 1. The number of carbonyl (C=O) groups is 2. The number of hydrogen-bond acceptors (Lipinski definition) is 4. The number of rotatable bonds is 5. The summed E-state index contributed by atoms with van der Waals surface area (Å²) in [5.41, 5.74) is 1.03. The zero-order valence-corrected chi connectivity index (χ0v) is 10.1. The van der Waals surface area contributed by atoms with Crippen molar-refractivity contribution in [3.63, 3.8) is 0 Å². The van der Waals surface area contributed by atoms with E-state index in [9.17, 15) is 9.59 Å². The molecule has 96 valence electrons. The van der Waals surface area contributed by atoms with Crippen LogP contribution in [0, 0.1) is 0 Å². The number of anilines is 1. The lowest BCUT2D eigenvalue weighted by atomic mass is 10.3. The zero-order chi connectivity index (χ0) is 13.5. The van der Waals surface area contributed by atoms with Gasteiger partial charge >= 0.3 is 0 Å². The predicted octanol–water partition coefficient (Wildman–Crippen LogP) is 1.91. The first-order valence-corrected chi connectivity index (χ1v) is 5.67. The Morgan fingerprint density at radius 1 is 1.21 bits per heavy atom. The number of aromatic nitrogens is 1. The Morgan fingerprint density at radius 3 is 2.63 bits per heavy atom. The Morgan fingerprint density at radius 2 is 2.00 bits per heavy atom. The number of benzene rings is 1. The van der Waals surface area contributed by atoms with Gasteiger partial charge in [-0.15, -0.1) is 0 Å². The second kappa shape index (κ2) is 6.30. The summed E-state index contributed by atoms with van der Waals surface area (Å²) in [6, 6.07) is 12.2. The molecule has 2 rings (SSSR count). The van der Waals surface area contributed by atoms with Crippen molar-refractivity contribution in [3.8, 4) is 5.75 Å². The third kappa shape index (κ3) is 3.92. The van der Waals surface area contributed by atoms with Crippen LogP contribution < -0.4 is 10.1 Å². The lowest BCUT2D eigenvalue weighted by Crippen LogP contribution is -2.20. The van der Waals surface area contributed by atoms with Gasteiger partial charge in [0.05, 0.1) is 6.20 Å². The molecule has 0 bridgehead atoms. The number of carbonyl (C=O) groups excluding carboxylic acids is 2. The van der Waals surface area contributed by atoms with Gasteiger partial charge < -0.3 is 10.1 Å². The molecule has 0 aliphatic heterocycles. The van der Waals surface area contributed by atoms with Crippen LogP contribution in [0.1, 0.15) is 10.5 Å². The van der Waals surface area contributed by atoms with Gasteiger partial charge in [-0.05, 0) is 24.3 Å². The normalized spacial score (nSPS) is 9.68. The molecule has 1 N–H and O–H groups in total. The highest BCUT2D eigenvalue weighted by Gasteiger charge is 2.03. The minimum atomic E-state index is -0.259. The Balaban J connectivity index is 1.84. The Labute approximate surface area is 110 Å². The first kappa shape index (κ1) is 12.8. The van der Waals surface area contributed by atoms with Gasteiger partial charge in [-0.25, -0.2) is 4.98 Å². The minimum Gasteiger partial charge on any atom is -0.482 e. The second-order valence-corrected chi connectivity index (χ2v) is 3.74. The fraction of sp³-hybridized carbons (Fsp3) is 0.0714. The number of nitrogens with one attached hydrogen (secondary N) is 1. The van der Waals surface area contributed by atoms with Gasteiger partial charge in [-0.3, -0.25) is 9.59 Å².